The zero-order valence-corrected chi connectivity index (χ0v) is 12.8. The van der Waals surface area contributed by atoms with E-state index in [0.717, 1.165) is 10.5 Å². The summed E-state index contributed by atoms with van der Waals surface area (Å²) in [7, 11) is -7.12. The van der Waals surface area contributed by atoms with Crippen molar-refractivity contribution in [1.82, 2.24) is 9.29 Å². The molecule has 0 aliphatic carbocycles. The fourth-order valence-corrected chi connectivity index (χ4v) is 5.52. The lowest BCUT2D eigenvalue weighted by atomic mass is 10.3. The zero-order chi connectivity index (χ0) is 15.7. The topological polar surface area (TPSA) is 110 Å². The molecule has 1 atom stereocenters. The maximum atomic E-state index is 12.6. The Labute approximate surface area is 124 Å². The van der Waals surface area contributed by atoms with Crippen LogP contribution >= 0.6 is 0 Å². The molecular formula is C12H15N3O4S2. The van der Waals surface area contributed by atoms with Crippen LogP contribution in [0.3, 0.4) is 0 Å². The van der Waals surface area contributed by atoms with E-state index in [4.69, 9.17) is 12.2 Å². The zero-order valence-electron chi connectivity index (χ0n) is 11.1. The summed E-state index contributed by atoms with van der Waals surface area (Å²) in [5, 5.41) is 0. The first-order chi connectivity index (χ1) is 9.76. The number of sulfone groups is 1. The van der Waals surface area contributed by atoms with Crippen molar-refractivity contribution in [2.24, 2.45) is 0 Å². The van der Waals surface area contributed by atoms with Crippen LogP contribution in [0.15, 0.2) is 23.2 Å². The lowest BCUT2D eigenvalue weighted by Crippen LogP contribution is -2.41. The van der Waals surface area contributed by atoms with E-state index >= 15 is 0 Å². The van der Waals surface area contributed by atoms with Crippen LogP contribution in [-0.4, -0.2) is 50.2 Å². The number of aromatic nitrogens is 1. The Kier molecular flexibility index (Phi) is 4.22. The second-order valence-corrected chi connectivity index (χ2v) is 8.85. The summed E-state index contributed by atoms with van der Waals surface area (Å²) in [6.45, 7) is -0.188. The van der Waals surface area contributed by atoms with Crippen LogP contribution in [0.2, 0.25) is 0 Å². The minimum absolute atomic E-state index is 0.0335. The number of hydrogen-bond donors (Lipinski definition) is 1. The minimum Gasteiger partial charge on any atom is -0.384 e. The molecule has 2 rings (SSSR count). The van der Waals surface area contributed by atoms with Crippen molar-refractivity contribution in [3.63, 3.8) is 0 Å². The largest absolute Gasteiger partial charge is 0.384 e. The van der Waals surface area contributed by atoms with E-state index < -0.39 is 25.9 Å². The van der Waals surface area contributed by atoms with Crippen molar-refractivity contribution >= 4 is 25.7 Å². The molecule has 1 aromatic heterocycles. The molecule has 7 nitrogen and oxygen atoms in total. The van der Waals surface area contributed by atoms with E-state index in [9.17, 15) is 16.8 Å². The molecule has 1 saturated heterocycles. The van der Waals surface area contributed by atoms with Crippen LogP contribution in [0.5, 0.6) is 0 Å². The lowest BCUT2D eigenvalue weighted by Gasteiger charge is -2.25. The molecule has 1 unspecified atom stereocenters. The van der Waals surface area contributed by atoms with Gasteiger partial charge < -0.3 is 5.73 Å². The molecule has 1 aromatic rings. The molecule has 1 fully saturated rings. The Balaban J connectivity index is 2.38. The third-order valence-corrected chi connectivity index (χ3v) is 6.86. The van der Waals surface area contributed by atoms with Gasteiger partial charge in [-0.2, -0.15) is 4.31 Å². The molecule has 2 N–H and O–H groups in total. The van der Waals surface area contributed by atoms with E-state index in [0.29, 0.717) is 0 Å². The SMILES string of the molecule is C#CCN(C1CCS(=O)(=O)C1)S(=O)(=O)c1ccc(N)nc1. The number of nitrogens with zero attached hydrogens (tertiary/aromatic N) is 2. The second kappa shape index (κ2) is 5.63. The van der Waals surface area contributed by atoms with Gasteiger partial charge in [0.05, 0.1) is 18.1 Å². The first kappa shape index (κ1) is 15.8. The number of nitrogens with two attached hydrogens (primary N) is 1. The number of terminal acetylenes is 1. The Morgan fingerprint density at radius 3 is 2.67 bits per heavy atom. The lowest BCUT2D eigenvalue weighted by molar-refractivity contribution is 0.371. The molecule has 0 bridgehead atoms. The van der Waals surface area contributed by atoms with Crippen molar-refractivity contribution in [3.8, 4) is 12.3 Å². The van der Waals surface area contributed by atoms with E-state index in [2.05, 4.69) is 10.9 Å². The molecule has 114 valence electrons. The van der Waals surface area contributed by atoms with Crippen LogP contribution in [-0.2, 0) is 19.9 Å². The normalized spacial score (nSPS) is 21.2. The van der Waals surface area contributed by atoms with Crippen LogP contribution in [0.4, 0.5) is 5.82 Å². The van der Waals surface area contributed by atoms with E-state index in [1.807, 2.05) is 0 Å². The van der Waals surface area contributed by atoms with Crippen molar-refractivity contribution in [3.05, 3.63) is 18.3 Å². The average molecular weight is 329 g/mol. The van der Waals surface area contributed by atoms with Crippen LogP contribution in [0.25, 0.3) is 0 Å². The Bertz CT molecular complexity index is 764. The molecule has 21 heavy (non-hydrogen) atoms. The van der Waals surface area contributed by atoms with Gasteiger partial charge in [-0.3, -0.25) is 0 Å². The highest BCUT2D eigenvalue weighted by molar-refractivity contribution is 7.92. The van der Waals surface area contributed by atoms with Crippen LogP contribution < -0.4 is 5.73 Å². The maximum absolute atomic E-state index is 12.6. The Morgan fingerprint density at radius 1 is 1.48 bits per heavy atom. The van der Waals surface area contributed by atoms with Crippen molar-refractivity contribution < 1.29 is 16.8 Å². The average Bonchev–Trinajstić information content (AvgIpc) is 2.76. The number of pyridine rings is 1. The number of rotatable bonds is 4. The smallest absolute Gasteiger partial charge is 0.245 e. The summed E-state index contributed by atoms with van der Waals surface area (Å²) in [6.07, 6.45) is 6.60. The third-order valence-electron chi connectivity index (χ3n) is 3.23. The van der Waals surface area contributed by atoms with Gasteiger partial charge in [0.1, 0.15) is 10.7 Å². The Hall–Kier alpha value is -1.63. The standard InChI is InChI=1S/C12H15N3O4S2/c1-2-6-15(10-5-7-20(16,17)9-10)21(18,19)11-3-4-12(13)14-8-11/h1,3-4,8,10H,5-7,9H2,(H2,13,14). The van der Waals surface area contributed by atoms with Crippen LogP contribution in [0.1, 0.15) is 6.42 Å². The predicted molar refractivity (Wildman–Crippen MR) is 78.4 cm³/mol. The molecule has 1 aliphatic heterocycles. The summed E-state index contributed by atoms with van der Waals surface area (Å²) < 4.78 is 49.3. The monoisotopic (exact) mass is 329 g/mol. The molecule has 2 heterocycles. The van der Waals surface area contributed by atoms with Gasteiger partial charge in [0, 0.05) is 12.2 Å². The predicted octanol–water partition coefficient (Wildman–Crippen LogP) is -0.525. The van der Waals surface area contributed by atoms with Gasteiger partial charge in [-0.25, -0.2) is 21.8 Å². The van der Waals surface area contributed by atoms with E-state index in [1.165, 1.54) is 12.1 Å². The quantitative estimate of drug-likeness (QED) is 0.744. The van der Waals surface area contributed by atoms with Gasteiger partial charge in [-0.15, -0.1) is 6.42 Å². The molecule has 0 saturated carbocycles. The van der Waals surface area contributed by atoms with Crippen LogP contribution in [0, 0.1) is 12.3 Å². The number of anilines is 1. The van der Waals surface area contributed by atoms with E-state index in [1.54, 1.807) is 0 Å². The first-order valence-electron chi connectivity index (χ1n) is 6.13. The van der Waals surface area contributed by atoms with Gasteiger partial charge in [0.25, 0.3) is 0 Å². The van der Waals surface area contributed by atoms with Crippen molar-refractivity contribution in [2.45, 2.75) is 17.4 Å². The summed E-state index contributed by atoms with van der Waals surface area (Å²) >= 11 is 0. The number of nitrogen functional groups attached to an aromatic ring is 1. The fraction of sp³-hybridized carbons (Fsp3) is 0.417. The van der Waals surface area contributed by atoms with Gasteiger partial charge in [0.15, 0.2) is 9.84 Å². The summed E-state index contributed by atoms with van der Waals surface area (Å²) in [4.78, 5) is 3.69. The fourth-order valence-electron chi connectivity index (χ4n) is 2.18. The summed E-state index contributed by atoms with van der Waals surface area (Å²) in [5.74, 6) is 2.22. The second-order valence-electron chi connectivity index (χ2n) is 4.73. The molecule has 0 amide bonds. The van der Waals surface area contributed by atoms with Gasteiger partial charge in [-0.1, -0.05) is 5.92 Å². The molecule has 1 aliphatic rings. The van der Waals surface area contributed by atoms with Gasteiger partial charge >= 0.3 is 0 Å². The first-order valence-corrected chi connectivity index (χ1v) is 9.40. The highest BCUT2D eigenvalue weighted by Gasteiger charge is 2.38. The molecule has 9 heteroatoms. The Morgan fingerprint density at radius 2 is 2.19 bits per heavy atom. The maximum Gasteiger partial charge on any atom is 0.245 e. The van der Waals surface area contributed by atoms with Gasteiger partial charge in [0.2, 0.25) is 10.0 Å². The molecule has 0 spiro atoms. The summed E-state index contributed by atoms with van der Waals surface area (Å²) in [5.41, 5.74) is 5.43. The molecule has 0 aromatic carbocycles. The van der Waals surface area contributed by atoms with Crippen molar-refractivity contribution in [2.75, 3.05) is 23.8 Å². The molecule has 0 radical (unpaired) electrons. The van der Waals surface area contributed by atoms with Gasteiger partial charge in [-0.05, 0) is 18.6 Å². The summed E-state index contributed by atoms with van der Waals surface area (Å²) in [6, 6.07) is 2.05. The van der Waals surface area contributed by atoms with E-state index in [-0.39, 0.29) is 35.2 Å². The number of sulfonamides is 1. The highest BCUT2D eigenvalue weighted by Crippen LogP contribution is 2.24. The number of hydrogen-bond acceptors (Lipinski definition) is 6. The molecular weight excluding hydrogens is 314 g/mol. The highest BCUT2D eigenvalue weighted by atomic mass is 32.2. The third kappa shape index (κ3) is 3.34. The minimum atomic E-state index is -3.91. The van der Waals surface area contributed by atoms with Crippen molar-refractivity contribution in [1.29, 1.82) is 0 Å².